The van der Waals surface area contributed by atoms with Crippen molar-refractivity contribution in [3.8, 4) is 5.75 Å². The van der Waals surface area contributed by atoms with E-state index in [9.17, 15) is 4.79 Å². The van der Waals surface area contributed by atoms with Gasteiger partial charge < -0.3 is 14.6 Å². The van der Waals surface area contributed by atoms with E-state index in [2.05, 4.69) is 21.2 Å². The van der Waals surface area contributed by atoms with Crippen LogP contribution in [0.4, 0.5) is 0 Å². The van der Waals surface area contributed by atoms with Crippen molar-refractivity contribution in [1.29, 1.82) is 0 Å². The van der Waals surface area contributed by atoms with Crippen LogP contribution in [-0.4, -0.2) is 23.6 Å². The third-order valence-corrected chi connectivity index (χ3v) is 3.27. The normalized spacial score (nSPS) is 10.3. The lowest BCUT2D eigenvalue weighted by Crippen LogP contribution is -2.29. The van der Waals surface area contributed by atoms with Gasteiger partial charge in [0.2, 0.25) is 0 Å². The first-order valence-electron chi connectivity index (χ1n) is 6.52. The number of carbonyl (C=O) groups is 1. The summed E-state index contributed by atoms with van der Waals surface area (Å²) in [5.41, 5.74) is 0.652. The lowest BCUT2D eigenvalue weighted by Gasteiger charge is -2.09. The van der Waals surface area contributed by atoms with Crippen molar-refractivity contribution < 1.29 is 9.53 Å². The highest BCUT2D eigenvalue weighted by molar-refractivity contribution is 9.10. The smallest absolute Gasteiger partial charge is 0.268 e. The van der Waals surface area contributed by atoms with Crippen LogP contribution in [-0.2, 0) is 6.54 Å². The first kappa shape index (κ1) is 14.7. The number of ether oxygens (including phenoxy) is 1. The number of hydrogen-bond acceptors (Lipinski definition) is 2. The molecule has 5 heteroatoms. The van der Waals surface area contributed by atoms with Gasteiger partial charge >= 0.3 is 0 Å². The molecule has 1 aromatic carbocycles. The fourth-order valence-electron chi connectivity index (χ4n) is 1.87. The number of benzene rings is 1. The standard InChI is InChI=1S/C15H17BrN2O2/c1-2-18-11-12(16)10-14(18)15(19)17-8-9-20-13-6-4-3-5-7-13/h3-7,10-11H,2,8-9H2,1H3,(H,17,19). The maximum Gasteiger partial charge on any atom is 0.268 e. The fourth-order valence-corrected chi connectivity index (χ4v) is 2.33. The Labute approximate surface area is 126 Å². The van der Waals surface area contributed by atoms with Gasteiger partial charge in [-0.2, -0.15) is 0 Å². The van der Waals surface area contributed by atoms with Gasteiger partial charge in [0.25, 0.3) is 5.91 Å². The van der Waals surface area contributed by atoms with Crippen molar-refractivity contribution in [3.05, 3.63) is 52.8 Å². The van der Waals surface area contributed by atoms with Crippen LogP contribution in [0.1, 0.15) is 17.4 Å². The van der Waals surface area contributed by atoms with Crippen molar-refractivity contribution in [1.82, 2.24) is 9.88 Å². The van der Waals surface area contributed by atoms with Gasteiger partial charge in [-0.05, 0) is 41.1 Å². The Hall–Kier alpha value is -1.75. The van der Waals surface area contributed by atoms with Crippen LogP contribution >= 0.6 is 15.9 Å². The molecule has 0 saturated carbocycles. The minimum Gasteiger partial charge on any atom is -0.492 e. The summed E-state index contributed by atoms with van der Waals surface area (Å²) >= 11 is 3.38. The largest absolute Gasteiger partial charge is 0.492 e. The van der Waals surface area contributed by atoms with E-state index < -0.39 is 0 Å². The summed E-state index contributed by atoms with van der Waals surface area (Å²) in [6.45, 7) is 3.68. The zero-order chi connectivity index (χ0) is 14.4. The van der Waals surface area contributed by atoms with Crippen molar-refractivity contribution in [3.63, 3.8) is 0 Å². The number of halogens is 1. The second kappa shape index (κ2) is 7.14. The van der Waals surface area contributed by atoms with Gasteiger partial charge in [0.15, 0.2) is 0 Å². The molecule has 0 atom stereocenters. The molecule has 1 aromatic heterocycles. The van der Waals surface area contributed by atoms with Gasteiger partial charge in [0, 0.05) is 17.2 Å². The van der Waals surface area contributed by atoms with Gasteiger partial charge in [0.05, 0.1) is 6.54 Å². The van der Waals surface area contributed by atoms with Crippen LogP contribution in [0.3, 0.4) is 0 Å². The highest BCUT2D eigenvalue weighted by atomic mass is 79.9. The molecular formula is C15H17BrN2O2. The Morgan fingerprint density at radius 3 is 2.80 bits per heavy atom. The lowest BCUT2D eigenvalue weighted by atomic mass is 10.3. The van der Waals surface area contributed by atoms with E-state index in [0.717, 1.165) is 16.8 Å². The molecule has 1 N–H and O–H groups in total. The monoisotopic (exact) mass is 336 g/mol. The van der Waals surface area contributed by atoms with E-state index in [1.165, 1.54) is 0 Å². The van der Waals surface area contributed by atoms with Gasteiger partial charge in [0.1, 0.15) is 18.1 Å². The summed E-state index contributed by atoms with van der Waals surface area (Å²) in [5.74, 6) is 0.718. The average Bonchev–Trinajstić information content (AvgIpc) is 2.86. The number of rotatable bonds is 6. The highest BCUT2D eigenvalue weighted by Gasteiger charge is 2.11. The average molecular weight is 337 g/mol. The summed E-state index contributed by atoms with van der Waals surface area (Å²) in [5, 5.41) is 2.85. The molecule has 106 valence electrons. The molecule has 2 rings (SSSR count). The minimum absolute atomic E-state index is 0.0887. The van der Waals surface area contributed by atoms with Gasteiger partial charge in [-0.15, -0.1) is 0 Å². The zero-order valence-electron chi connectivity index (χ0n) is 11.3. The molecule has 20 heavy (non-hydrogen) atoms. The molecule has 0 radical (unpaired) electrons. The van der Waals surface area contributed by atoms with Crippen LogP contribution in [0.25, 0.3) is 0 Å². The molecule has 2 aromatic rings. The number of nitrogens with one attached hydrogen (secondary N) is 1. The molecule has 0 saturated heterocycles. The fraction of sp³-hybridized carbons (Fsp3) is 0.267. The lowest BCUT2D eigenvalue weighted by molar-refractivity contribution is 0.0938. The number of nitrogens with zero attached hydrogens (tertiary/aromatic N) is 1. The van der Waals surface area contributed by atoms with Gasteiger partial charge in [-0.1, -0.05) is 18.2 Å². The zero-order valence-corrected chi connectivity index (χ0v) is 12.9. The molecule has 0 aliphatic carbocycles. The van der Waals surface area contributed by atoms with E-state index in [-0.39, 0.29) is 5.91 Å². The maximum atomic E-state index is 12.0. The Morgan fingerprint density at radius 1 is 1.35 bits per heavy atom. The van der Waals surface area contributed by atoms with Crippen LogP contribution in [0.5, 0.6) is 5.75 Å². The third-order valence-electron chi connectivity index (χ3n) is 2.84. The summed E-state index contributed by atoms with van der Waals surface area (Å²) < 4.78 is 8.33. The van der Waals surface area contributed by atoms with Gasteiger partial charge in [-0.3, -0.25) is 4.79 Å². The summed E-state index contributed by atoms with van der Waals surface area (Å²) in [6, 6.07) is 11.4. The number of aryl methyl sites for hydroxylation is 1. The molecule has 1 amide bonds. The van der Waals surface area contributed by atoms with Crippen molar-refractivity contribution in [2.45, 2.75) is 13.5 Å². The first-order chi connectivity index (χ1) is 9.70. The first-order valence-corrected chi connectivity index (χ1v) is 7.31. The second-order valence-corrected chi connectivity index (χ2v) is 5.16. The predicted molar refractivity (Wildman–Crippen MR) is 82.1 cm³/mol. The van der Waals surface area contributed by atoms with Gasteiger partial charge in [-0.25, -0.2) is 0 Å². The quantitative estimate of drug-likeness (QED) is 0.824. The van der Waals surface area contributed by atoms with E-state index >= 15 is 0 Å². The molecule has 0 fully saturated rings. The Balaban J connectivity index is 1.80. The topological polar surface area (TPSA) is 43.3 Å². The third kappa shape index (κ3) is 3.87. The van der Waals surface area contributed by atoms with Crippen molar-refractivity contribution >= 4 is 21.8 Å². The Bertz CT molecular complexity index is 567. The Morgan fingerprint density at radius 2 is 2.10 bits per heavy atom. The number of amides is 1. The van der Waals surface area contributed by atoms with E-state index in [1.54, 1.807) is 0 Å². The summed E-state index contributed by atoms with van der Waals surface area (Å²) in [4.78, 5) is 12.0. The van der Waals surface area contributed by atoms with E-state index in [1.807, 2.05) is 54.1 Å². The van der Waals surface area contributed by atoms with E-state index in [4.69, 9.17) is 4.74 Å². The Kier molecular flexibility index (Phi) is 5.24. The molecule has 0 spiro atoms. The van der Waals surface area contributed by atoms with Crippen LogP contribution in [0.15, 0.2) is 47.1 Å². The van der Waals surface area contributed by atoms with E-state index in [0.29, 0.717) is 18.8 Å². The van der Waals surface area contributed by atoms with Crippen LogP contribution < -0.4 is 10.1 Å². The number of carbonyl (C=O) groups excluding carboxylic acids is 1. The minimum atomic E-state index is -0.0887. The number of aromatic nitrogens is 1. The molecule has 0 unspecified atom stereocenters. The molecule has 0 aliphatic heterocycles. The van der Waals surface area contributed by atoms with Crippen LogP contribution in [0.2, 0.25) is 0 Å². The predicted octanol–water partition coefficient (Wildman–Crippen LogP) is 3.08. The highest BCUT2D eigenvalue weighted by Crippen LogP contribution is 2.14. The summed E-state index contributed by atoms with van der Waals surface area (Å²) in [7, 11) is 0. The van der Waals surface area contributed by atoms with Crippen molar-refractivity contribution in [2.24, 2.45) is 0 Å². The maximum absolute atomic E-state index is 12.0. The second-order valence-electron chi connectivity index (χ2n) is 4.25. The van der Waals surface area contributed by atoms with Crippen LogP contribution in [0, 0.1) is 0 Å². The number of para-hydroxylation sites is 1. The molecule has 4 nitrogen and oxygen atoms in total. The molecular weight excluding hydrogens is 320 g/mol. The molecule has 1 heterocycles. The molecule has 0 bridgehead atoms. The summed E-state index contributed by atoms with van der Waals surface area (Å²) in [6.07, 6.45) is 1.90. The molecule has 0 aliphatic rings. The van der Waals surface area contributed by atoms with Crippen molar-refractivity contribution in [2.75, 3.05) is 13.2 Å². The number of hydrogen-bond donors (Lipinski definition) is 1. The SMILES string of the molecule is CCn1cc(Br)cc1C(=O)NCCOc1ccccc1.